The zero-order chi connectivity index (χ0) is 25.3. The number of rotatable bonds is 7. The predicted octanol–water partition coefficient (Wildman–Crippen LogP) is 3.74. The summed E-state index contributed by atoms with van der Waals surface area (Å²) in [6, 6.07) is 10.8. The molecule has 2 aromatic rings. The topological polar surface area (TPSA) is 87.7 Å². The second-order valence-electron chi connectivity index (χ2n) is 10.1. The molecular formula is C27H35N3O4. The van der Waals surface area contributed by atoms with Crippen molar-refractivity contribution in [3.05, 3.63) is 64.2 Å². The second-order valence-corrected chi connectivity index (χ2v) is 10.1. The molecule has 7 heteroatoms. The Morgan fingerprint density at radius 3 is 2.21 bits per heavy atom. The third-order valence-electron chi connectivity index (χ3n) is 6.50. The van der Waals surface area contributed by atoms with Gasteiger partial charge in [0.25, 0.3) is 5.91 Å². The van der Waals surface area contributed by atoms with Crippen LogP contribution in [0.2, 0.25) is 0 Å². The van der Waals surface area contributed by atoms with Gasteiger partial charge in [-0.3, -0.25) is 14.5 Å². The Morgan fingerprint density at radius 2 is 1.68 bits per heavy atom. The van der Waals surface area contributed by atoms with E-state index in [4.69, 9.17) is 4.74 Å². The lowest BCUT2D eigenvalue weighted by molar-refractivity contribution is -0.134. The van der Waals surface area contributed by atoms with Crippen LogP contribution in [0.4, 0.5) is 4.79 Å². The maximum absolute atomic E-state index is 13.1. The van der Waals surface area contributed by atoms with Crippen molar-refractivity contribution in [3.8, 4) is 5.75 Å². The van der Waals surface area contributed by atoms with E-state index in [-0.39, 0.29) is 17.9 Å². The Morgan fingerprint density at radius 1 is 1.09 bits per heavy atom. The molecule has 0 saturated carbocycles. The molecule has 1 saturated heterocycles. The fourth-order valence-corrected chi connectivity index (χ4v) is 4.31. The van der Waals surface area contributed by atoms with Crippen LogP contribution < -0.4 is 15.4 Å². The van der Waals surface area contributed by atoms with Crippen molar-refractivity contribution in [2.75, 3.05) is 20.2 Å². The Labute approximate surface area is 201 Å². The first-order valence-electron chi connectivity index (χ1n) is 11.5. The van der Waals surface area contributed by atoms with Gasteiger partial charge in [0.2, 0.25) is 5.91 Å². The molecule has 1 aliphatic heterocycles. The van der Waals surface area contributed by atoms with E-state index in [1.807, 2.05) is 0 Å². The number of hydrogen-bond acceptors (Lipinski definition) is 4. The molecule has 34 heavy (non-hydrogen) atoms. The molecule has 1 unspecified atom stereocenters. The molecule has 0 aliphatic carbocycles. The highest BCUT2D eigenvalue weighted by molar-refractivity contribution is 6.09. The molecule has 7 nitrogen and oxygen atoms in total. The number of hydrogen-bond donors (Lipinski definition) is 2. The summed E-state index contributed by atoms with van der Waals surface area (Å²) >= 11 is 0. The first kappa shape index (κ1) is 25.3. The van der Waals surface area contributed by atoms with Gasteiger partial charge in [0.1, 0.15) is 17.8 Å². The molecule has 1 heterocycles. The average molecular weight is 466 g/mol. The van der Waals surface area contributed by atoms with Crippen LogP contribution in [0.15, 0.2) is 36.4 Å². The number of carbonyl (C=O) groups is 3. The van der Waals surface area contributed by atoms with Gasteiger partial charge in [0.05, 0.1) is 7.11 Å². The number of nitrogens with one attached hydrogen (secondary N) is 2. The molecule has 4 amide bonds. The maximum Gasteiger partial charge on any atom is 0.325 e. The summed E-state index contributed by atoms with van der Waals surface area (Å²) in [7, 11) is 1.56. The first-order chi connectivity index (χ1) is 15.9. The first-order valence-corrected chi connectivity index (χ1v) is 11.5. The maximum atomic E-state index is 13.1. The van der Waals surface area contributed by atoms with Gasteiger partial charge in [0, 0.05) is 6.54 Å². The van der Waals surface area contributed by atoms with Crippen molar-refractivity contribution in [2.24, 2.45) is 0 Å². The van der Waals surface area contributed by atoms with E-state index in [0.29, 0.717) is 24.3 Å². The summed E-state index contributed by atoms with van der Waals surface area (Å²) in [6.45, 7) is 12.5. The van der Waals surface area contributed by atoms with Gasteiger partial charge in [0.15, 0.2) is 0 Å². The van der Waals surface area contributed by atoms with Crippen molar-refractivity contribution in [2.45, 2.75) is 58.9 Å². The van der Waals surface area contributed by atoms with Gasteiger partial charge >= 0.3 is 6.03 Å². The number of nitrogens with zero attached hydrogens (tertiary/aromatic N) is 1. The summed E-state index contributed by atoms with van der Waals surface area (Å²) in [5, 5.41) is 5.57. The molecule has 0 aromatic heterocycles. The van der Waals surface area contributed by atoms with Gasteiger partial charge in [-0.2, -0.15) is 0 Å². The number of urea groups is 1. The molecule has 0 spiro atoms. The molecule has 0 radical (unpaired) electrons. The zero-order valence-electron chi connectivity index (χ0n) is 21.2. The number of amides is 4. The van der Waals surface area contributed by atoms with Gasteiger partial charge in [-0.05, 0) is 72.6 Å². The van der Waals surface area contributed by atoms with Crippen LogP contribution in [0.3, 0.4) is 0 Å². The molecule has 3 rings (SSSR count). The van der Waals surface area contributed by atoms with Crippen LogP contribution >= 0.6 is 0 Å². The normalized spacial score (nSPS) is 18.1. The number of benzene rings is 2. The van der Waals surface area contributed by atoms with E-state index < -0.39 is 17.5 Å². The Hall–Kier alpha value is -3.35. The lowest BCUT2D eigenvalue weighted by Crippen LogP contribution is -2.43. The molecule has 1 fully saturated rings. The lowest BCUT2D eigenvalue weighted by atomic mass is 9.83. The van der Waals surface area contributed by atoms with Crippen LogP contribution in [0.1, 0.15) is 55.5 Å². The van der Waals surface area contributed by atoms with Gasteiger partial charge in [-0.1, -0.05) is 45.0 Å². The SMILES string of the molecule is COc1ccc(C2(C)NC(=O)N(CC(=O)NCCc3c(C)cc(C(C)(C)C)cc3C)C2=O)cc1. The third-order valence-corrected chi connectivity index (χ3v) is 6.50. The Kier molecular flexibility index (Phi) is 7.05. The van der Waals surface area contributed by atoms with Gasteiger partial charge in [-0.25, -0.2) is 4.79 Å². The standard InChI is InChI=1S/C27H35N3O4/c1-17-14-20(26(3,4)5)15-18(2)22(17)12-13-28-23(31)16-30-24(32)27(6,29-25(30)33)19-8-10-21(34-7)11-9-19/h8-11,14-15H,12-13,16H2,1-7H3,(H,28,31)(H,29,33). The van der Waals surface area contributed by atoms with E-state index in [1.165, 1.54) is 22.3 Å². The van der Waals surface area contributed by atoms with E-state index in [9.17, 15) is 14.4 Å². The van der Waals surface area contributed by atoms with Crippen molar-refractivity contribution < 1.29 is 19.1 Å². The number of imide groups is 1. The highest BCUT2D eigenvalue weighted by Crippen LogP contribution is 2.30. The fraction of sp³-hybridized carbons (Fsp3) is 0.444. The number of methoxy groups -OCH3 is 1. The highest BCUT2D eigenvalue weighted by atomic mass is 16.5. The van der Waals surface area contributed by atoms with E-state index in [0.717, 1.165) is 4.90 Å². The second kappa shape index (κ2) is 9.49. The van der Waals surface area contributed by atoms with Gasteiger partial charge < -0.3 is 15.4 Å². The fourth-order valence-electron chi connectivity index (χ4n) is 4.31. The monoisotopic (exact) mass is 465 g/mol. The third kappa shape index (κ3) is 5.08. The molecule has 182 valence electrons. The summed E-state index contributed by atoms with van der Waals surface area (Å²) in [5.74, 6) is -0.176. The molecule has 1 aliphatic rings. The summed E-state index contributed by atoms with van der Waals surface area (Å²) < 4.78 is 5.16. The number of aryl methyl sites for hydroxylation is 2. The smallest absolute Gasteiger partial charge is 0.325 e. The molecule has 2 aromatic carbocycles. The van der Waals surface area contributed by atoms with E-state index in [2.05, 4.69) is 57.4 Å². The van der Waals surface area contributed by atoms with Crippen LogP contribution in [0.25, 0.3) is 0 Å². The van der Waals surface area contributed by atoms with Crippen LogP contribution in [-0.4, -0.2) is 42.9 Å². The zero-order valence-corrected chi connectivity index (χ0v) is 21.2. The van der Waals surface area contributed by atoms with Crippen molar-refractivity contribution >= 4 is 17.8 Å². The van der Waals surface area contributed by atoms with Crippen LogP contribution in [0, 0.1) is 13.8 Å². The van der Waals surface area contributed by atoms with Crippen LogP contribution in [-0.2, 0) is 27.0 Å². The molecule has 0 bridgehead atoms. The highest BCUT2D eigenvalue weighted by Gasteiger charge is 2.49. The van der Waals surface area contributed by atoms with E-state index in [1.54, 1.807) is 38.3 Å². The Bertz CT molecular complexity index is 1080. The van der Waals surface area contributed by atoms with Gasteiger partial charge in [-0.15, -0.1) is 0 Å². The molecular weight excluding hydrogens is 430 g/mol. The number of ether oxygens (including phenoxy) is 1. The Balaban J connectivity index is 1.61. The van der Waals surface area contributed by atoms with Crippen molar-refractivity contribution in [1.29, 1.82) is 0 Å². The van der Waals surface area contributed by atoms with E-state index >= 15 is 0 Å². The molecule has 2 N–H and O–H groups in total. The summed E-state index contributed by atoms with van der Waals surface area (Å²) in [6.07, 6.45) is 0.678. The summed E-state index contributed by atoms with van der Waals surface area (Å²) in [4.78, 5) is 39.1. The summed E-state index contributed by atoms with van der Waals surface area (Å²) in [5.41, 5.74) is 4.35. The largest absolute Gasteiger partial charge is 0.497 e. The van der Waals surface area contributed by atoms with Crippen molar-refractivity contribution in [1.82, 2.24) is 15.5 Å². The number of carbonyl (C=O) groups excluding carboxylic acids is 3. The van der Waals surface area contributed by atoms with Crippen molar-refractivity contribution in [3.63, 3.8) is 0 Å². The quantitative estimate of drug-likeness (QED) is 0.610. The average Bonchev–Trinajstić information content (AvgIpc) is 2.98. The predicted molar refractivity (Wildman–Crippen MR) is 132 cm³/mol. The minimum Gasteiger partial charge on any atom is -0.497 e. The minimum absolute atomic E-state index is 0.0748. The molecule has 1 atom stereocenters. The minimum atomic E-state index is -1.23. The van der Waals surface area contributed by atoms with Crippen LogP contribution in [0.5, 0.6) is 5.75 Å². The lowest BCUT2D eigenvalue weighted by Gasteiger charge is -2.23.